The number of methoxy groups -OCH3 is 3. The fourth-order valence-corrected chi connectivity index (χ4v) is 5.54. The van der Waals surface area contributed by atoms with Crippen LogP contribution in [0.15, 0.2) is 29.2 Å². The third kappa shape index (κ3) is 6.61. The normalized spacial score (nSPS) is 17.5. The summed E-state index contributed by atoms with van der Waals surface area (Å²) >= 11 is 0. The van der Waals surface area contributed by atoms with Crippen LogP contribution in [0.5, 0.6) is 28.7 Å². The molecule has 1 fully saturated rings. The second kappa shape index (κ2) is 13.2. The van der Waals surface area contributed by atoms with E-state index in [4.69, 9.17) is 28.4 Å². The average molecular weight is 539 g/mol. The minimum Gasteiger partial charge on any atom is -0.493 e. The molecule has 9 nitrogen and oxygen atoms in total. The first-order valence-electron chi connectivity index (χ1n) is 12.6. The Balaban J connectivity index is 2.01. The summed E-state index contributed by atoms with van der Waals surface area (Å²) in [7, 11) is 0.859. The van der Waals surface area contributed by atoms with Gasteiger partial charge < -0.3 is 33.5 Å². The maximum absolute atomic E-state index is 13.1. The van der Waals surface area contributed by atoms with Crippen molar-refractivity contribution in [3.63, 3.8) is 0 Å². The van der Waals surface area contributed by atoms with Crippen LogP contribution in [0.3, 0.4) is 0 Å². The first-order valence-corrected chi connectivity index (χ1v) is 14.2. The summed E-state index contributed by atoms with van der Waals surface area (Å²) in [4.78, 5) is 0.0124. The highest BCUT2D eigenvalue weighted by Gasteiger charge is 2.32. The van der Waals surface area contributed by atoms with Gasteiger partial charge >= 0.3 is 0 Å². The lowest BCUT2D eigenvalue weighted by Gasteiger charge is -2.21. The summed E-state index contributed by atoms with van der Waals surface area (Å²) in [6.07, 6.45) is 2.21. The van der Waals surface area contributed by atoms with E-state index in [1.54, 1.807) is 33.5 Å². The van der Waals surface area contributed by atoms with Gasteiger partial charge in [0.2, 0.25) is 5.75 Å². The monoisotopic (exact) mass is 538 g/mol. The highest BCUT2D eigenvalue weighted by Crippen LogP contribution is 2.48. The van der Waals surface area contributed by atoms with Crippen LogP contribution in [0.25, 0.3) is 0 Å². The van der Waals surface area contributed by atoms with Crippen LogP contribution in [0, 0.1) is 0 Å². The lowest BCUT2D eigenvalue weighted by molar-refractivity contribution is 0.0435. The predicted octanol–water partition coefficient (Wildman–Crippen LogP) is 4.65. The molecule has 0 bridgehead atoms. The summed E-state index contributed by atoms with van der Waals surface area (Å²) in [6.45, 7) is 4.17. The molecule has 10 heteroatoms. The molecule has 0 saturated carbocycles. The van der Waals surface area contributed by atoms with Gasteiger partial charge in [-0.3, -0.25) is 0 Å². The van der Waals surface area contributed by atoms with Crippen molar-refractivity contribution in [1.82, 2.24) is 0 Å². The van der Waals surface area contributed by atoms with Crippen molar-refractivity contribution in [2.45, 2.75) is 56.6 Å². The number of sulfone groups is 1. The Bertz CT molecular complexity index is 1120. The molecule has 1 saturated heterocycles. The molecule has 1 aliphatic heterocycles. The van der Waals surface area contributed by atoms with Gasteiger partial charge in [-0.25, -0.2) is 8.42 Å². The second-order valence-electron chi connectivity index (χ2n) is 8.74. The highest BCUT2D eigenvalue weighted by atomic mass is 32.2. The Labute approximate surface area is 219 Å². The molecule has 2 aromatic rings. The van der Waals surface area contributed by atoms with Crippen molar-refractivity contribution in [3.05, 3.63) is 35.4 Å². The van der Waals surface area contributed by atoms with Gasteiger partial charge in [0.05, 0.1) is 59.1 Å². The van der Waals surface area contributed by atoms with Gasteiger partial charge in [0, 0.05) is 0 Å². The Morgan fingerprint density at radius 1 is 0.811 bits per heavy atom. The third-order valence-corrected chi connectivity index (χ3v) is 7.79. The van der Waals surface area contributed by atoms with Crippen molar-refractivity contribution >= 4 is 9.84 Å². The van der Waals surface area contributed by atoms with Gasteiger partial charge in [-0.1, -0.05) is 13.8 Å². The molecule has 0 amide bonds. The van der Waals surface area contributed by atoms with Crippen molar-refractivity contribution < 1.29 is 41.9 Å². The van der Waals surface area contributed by atoms with E-state index in [1.807, 2.05) is 26.0 Å². The lowest BCUT2D eigenvalue weighted by Crippen LogP contribution is -2.14. The number of aliphatic hydroxyl groups excluding tert-OH is 1. The third-order valence-electron chi connectivity index (χ3n) is 6.10. The van der Waals surface area contributed by atoms with Crippen molar-refractivity contribution in [2.24, 2.45) is 0 Å². The van der Waals surface area contributed by atoms with E-state index < -0.39 is 22.2 Å². The maximum atomic E-state index is 13.1. The van der Waals surface area contributed by atoms with Gasteiger partial charge in [0.1, 0.15) is 4.90 Å². The molecule has 0 aliphatic carbocycles. The molecular formula is C27H38O9S. The fourth-order valence-electron chi connectivity index (χ4n) is 4.32. The van der Waals surface area contributed by atoms with Crippen LogP contribution in [-0.2, 0) is 14.6 Å². The van der Waals surface area contributed by atoms with Crippen molar-refractivity contribution in [1.29, 1.82) is 0 Å². The van der Waals surface area contributed by atoms with E-state index in [0.717, 1.165) is 12.0 Å². The summed E-state index contributed by atoms with van der Waals surface area (Å²) in [5, 5.41) is 9.40. The Kier molecular flexibility index (Phi) is 10.3. The number of rotatable bonds is 14. The quantitative estimate of drug-likeness (QED) is 0.368. The van der Waals surface area contributed by atoms with Crippen LogP contribution in [0.2, 0.25) is 0 Å². The molecule has 3 rings (SSSR count). The molecular weight excluding hydrogens is 500 g/mol. The fraction of sp³-hybridized carbons (Fsp3) is 0.556. The molecule has 1 aliphatic rings. The molecule has 1 heterocycles. The van der Waals surface area contributed by atoms with Gasteiger partial charge in [-0.05, 0) is 61.1 Å². The van der Waals surface area contributed by atoms with Gasteiger partial charge in [-0.15, -0.1) is 0 Å². The topological polar surface area (TPSA) is 110 Å². The minimum atomic E-state index is -3.82. The smallest absolute Gasteiger partial charge is 0.203 e. The summed E-state index contributed by atoms with van der Waals surface area (Å²) in [5.41, 5.74) is 1.55. The first-order chi connectivity index (χ1) is 17.8. The van der Waals surface area contributed by atoms with E-state index >= 15 is 0 Å². The van der Waals surface area contributed by atoms with E-state index in [9.17, 15) is 13.5 Å². The molecule has 0 aromatic heterocycles. The number of aliphatic hydroxyl groups is 1. The second-order valence-corrected chi connectivity index (χ2v) is 10.8. The molecule has 2 atom stereocenters. The zero-order valence-electron chi connectivity index (χ0n) is 22.2. The van der Waals surface area contributed by atoms with Crippen molar-refractivity contribution in [3.8, 4) is 28.7 Å². The predicted molar refractivity (Wildman–Crippen MR) is 139 cm³/mol. The molecule has 0 radical (unpaired) electrons. The van der Waals surface area contributed by atoms with Gasteiger partial charge in [-0.2, -0.15) is 0 Å². The Hall–Kier alpha value is -2.69. The minimum absolute atomic E-state index is 0.0124. The van der Waals surface area contributed by atoms with Crippen LogP contribution in [-0.4, -0.2) is 60.4 Å². The zero-order valence-corrected chi connectivity index (χ0v) is 23.1. The highest BCUT2D eigenvalue weighted by molar-refractivity contribution is 7.91. The van der Waals surface area contributed by atoms with E-state index in [1.165, 1.54) is 0 Å². The summed E-state index contributed by atoms with van der Waals surface area (Å²) < 4.78 is 60.9. The zero-order chi connectivity index (χ0) is 27.0. The Morgan fingerprint density at radius 3 is 1.86 bits per heavy atom. The summed E-state index contributed by atoms with van der Waals surface area (Å²) in [6, 6.07) is 7.13. The number of hydrogen-bond donors (Lipinski definition) is 1. The largest absolute Gasteiger partial charge is 0.493 e. The number of ether oxygens (including phenoxy) is 6. The SMILES string of the molecule is CCCOc1cc(C2CCC(c3cc(OC)c(OC)c(OC)c3)O2)cc(S(=O)(=O)CCO)c1OCCC. The maximum Gasteiger partial charge on any atom is 0.203 e. The van der Waals surface area contributed by atoms with Crippen LogP contribution in [0.4, 0.5) is 0 Å². The number of benzene rings is 2. The summed E-state index contributed by atoms with van der Waals surface area (Å²) in [5.74, 6) is 1.72. The van der Waals surface area contributed by atoms with Crippen LogP contribution < -0.4 is 23.7 Å². The molecule has 1 N–H and O–H groups in total. The lowest BCUT2D eigenvalue weighted by atomic mass is 10.0. The van der Waals surface area contributed by atoms with E-state index in [-0.39, 0.29) is 22.9 Å². The van der Waals surface area contributed by atoms with Crippen molar-refractivity contribution in [2.75, 3.05) is 46.9 Å². The van der Waals surface area contributed by atoms with Gasteiger partial charge in [0.15, 0.2) is 32.8 Å². The standard InChI is InChI=1S/C27H38O9S/c1-6-11-34-24-16-19(17-25(27(24)35-12-7-2)37(29,30)13-10-28)21-9-8-20(36-21)18-14-22(31-3)26(33-5)23(15-18)32-4/h14-17,20-21,28H,6-13H2,1-5H3. The first kappa shape index (κ1) is 28.9. The Morgan fingerprint density at radius 2 is 1.35 bits per heavy atom. The molecule has 2 aromatic carbocycles. The van der Waals surface area contributed by atoms with E-state index in [0.29, 0.717) is 61.0 Å². The molecule has 206 valence electrons. The number of hydrogen-bond acceptors (Lipinski definition) is 9. The molecule has 37 heavy (non-hydrogen) atoms. The van der Waals surface area contributed by atoms with Gasteiger partial charge in [0.25, 0.3) is 0 Å². The van der Waals surface area contributed by atoms with E-state index in [2.05, 4.69) is 0 Å². The van der Waals surface area contributed by atoms with Crippen LogP contribution in [0.1, 0.15) is 62.9 Å². The molecule has 2 unspecified atom stereocenters. The van der Waals surface area contributed by atoms with Crippen LogP contribution >= 0.6 is 0 Å². The average Bonchev–Trinajstić information content (AvgIpc) is 3.40. The molecule has 0 spiro atoms.